The van der Waals surface area contributed by atoms with Gasteiger partial charge >= 0.3 is 6.18 Å². The molecule has 1 amide bonds. The first kappa shape index (κ1) is 20.5. The Morgan fingerprint density at radius 1 is 1.26 bits per heavy atom. The van der Waals surface area contributed by atoms with Gasteiger partial charge in [0.15, 0.2) is 0 Å². The van der Waals surface area contributed by atoms with E-state index in [4.69, 9.17) is 4.52 Å². The number of halogens is 3. The summed E-state index contributed by atoms with van der Waals surface area (Å²) in [7, 11) is 0. The Morgan fingerprint density at radius 3 is 2.90 bits per heavy atom. The second kappa shape index (κ2) is 8.19. The van der Waals surface area contributed by atoms with E-state index in [1.54, 1.807) is 40.9 Å². The van der Waals surface area contributed by atoms with Gasteiger partial charge in [-0.1, -0.05) is 23.4 Å². The van der Waals surface area contributed by atoms with E-state index in [9.17, 15) is 18.0 Å². The number of carbonyl (C=O) groups excluding carboxylic acids is 1. The number of ether oxygens (including phenoxy) is 1. The summed E-state index contributed by atoms with van der Waals surface area (Å²) >= 11 is 0. The van der Waals surface area contributed by atoms with Crippen molar-refractivity contribution in [1.29, 1.82) is 0 Å². The smallest absolute Gasteiger partial charge is 0.362 e. The molecule has 0 saturated carbocycles. The van der Waals surface area contributed by atoms with Crippen molar-refractivity contribution in [3.63, 3.8) is 0 Å². The number of hydrogen-bond acceptors (Lipinski definition) is 6. The average molecular weight is 431 g/mol. The number of nitrogens with zero attached hydrogens (tertiary/aromatic N) is 4. The summed E-state index contributed by atoms with van der Waals surface area (Å²) < 4.78 is 47.6. The van der Waals surface area contributed by atoms with Crippen molar-refractivity contribution in [1.82, 2.24) is 19.5 Å². The predicted molar refractivity (Wildman–Crippen MR) is 103 cm³/mol. The molecule has 1 aromatic carbocycles. The van der Waals surface area contributed by atoms with Crippen LogP contribution in [0.3, 0.4) is 0 Å². The molecule has 4 aromatic rings. The number of anilines is 1. The number of amides is 1. The lowest BCUT2D eigenvalue weighted by Gasteiger charge is -2.09. The second-order valence-corrected chi connectivity index (χ2v) is 6.68. The fourth-order valence-corrected chi connectivity index (χ4v) is 2.87. The number of rotatable bonds is 6. The number of aromatic nitrogens is 4. The van der Waals surface area contributed by atoms with Gasteiger partial charge in [0.05, 0.1) is 6.20 Å². The molecular weight excluding hydrogens is 415 g/mol. The molecule has 0 atom stereocenters. The summed E-state index contributed by atoms with van der Waals surface area (Å²) in [5, 5.41) is 6.61. The zero-order valence-corrected chi connectivity index (χ0v) is 16.2. The molecule has 3 heterocycles. The molecule has 4 rings (SSSR count). The number of benzene rings is 1. The van der Waals surface area contributed by atoms with Crippen LogP contribution >= 0.6 is 0 Å². The van der Waals surface area contributed by atoms with Crippen LogP contribution in [-0.4, -0.2) is 38.2 Å². The molecule has 0 aliphatic heterocycles. The Hall–Kier alpha value is -3.73. The van der Waals surface area contributed by atoms with Gasteiger partial charge in [0.25, 0.3) is 11.8 Å². The molecule has 0 aliphatic carbocycles. The lowest BCUT2D eigenvalue weighted by Crippen LogP contribution is -2.16. The van der Waals surface area contributed by atoms with Gasteiger partial charge in [-0.3, -0.25) is 9.20 Å². The van der Waals surface area contributed by atoms with Gasteiger partial charge in [-0.2, -0.15) is 18.2 Å². The zero-order chi connectivity index (χ0) is 22.0. The maximum Gasteiger partial charge on any atom is 0.411 e. The van der Waals surface area contributed by atoms with Gasteiger partial charge in [0.2, 0.25) is 5.82 Å². The SMILES string of the molecule is Cc1ccc(-c2noc(COCC(F)(F)F)n2)cc1NC(=O)c1cnc2ccccn12. The zero-order valence-electron chi connectivity index (χ0n) is 16.2. The van der Waals surface area contributed by atoms with Gasteiger partial charge in [0.1, 0.15) is 24.6 Å². The highest BCUT2D eigenvalue weighted by Gasteiger charge is 2.27. The Balaban J connectivity index is 1.50. The molecule has 0 saturated heterocycles. The van der Waals surface area contributed by atoms with E-state index in [1.807, 2.05) is 13.0 Å². The standard InChI is InChI=1S/C20H16F3N5O3/c1-12-5-6-13(18-26-17(31-27-18)10-30-11-20(21,22)23)8-14(12)25-19(29)15-9-24-16-4-2-3-7-28(15)16/h2-9H,10-11H2,1H3,(H,25,29). The largest absolute Gasteiger partial charge is 0.411 e. The van der Waals surface area contributed by atoms with Crippen LogP contribution < -0.4 is 5.32 Å². The maximum absolute atomic E-state index is 12.8. The molecule has 31 heavy (non-hydrogen) atoms. The van der Waals surface area contributed by atoms with Crippen molar-refractivity contribution < 1.29 is 27.2 Å². The molecule has 0 radical (unpaired) electrons. The monoisotopic (exact) mass is 431 g/mol. The molecule has 0 bridgehead atoms. The molecule has 0 aliphatic rings. The Kier molecular flexibility index (Phi) is 5.42. The van der Waals surface area contributed by atoms with E-state index in [0.29, 0.717) is 22.6 Å². The van der Waals surface area contributed by atoms with Crippen molar-refractivity contribution in [3.8, 4) is 11.4 Å². The van der Waals surface area contributed by atoms with Gasteiger partial charge in [-0.25, -0.2) is 4.98 Å². The topological polar surface area (TPSA) is 94.5 Å². The lowest BCUT2D eigenvalue weighted by molar-refractivity contribution is -0.178. The van der Waals surface area contributed by atoms with Crippen molar-refractivity contribution >= 4 is 17.2 Å². The number of nitrogens with one attached hydrogen (secondary N) is 1. The minimum Gasteiger partial charge on any atom is -0.362 e. The minimum atomic E-state index is -4.44. The molecule has 3 aromatic heterocycles. The van der Waals surface area contributed by atoms with Gasteiger partial charge < -0.3 is 14.6 Å². The number of carbonyl (C=O) groups is 1. The van der Waals surface area contributed by atoms with Crippen LogP contribution in [0.25, 0.3) is 17.0 Å². The Bertz CT molecular complexity index is 1230. The van der Waals surface area contributed by atoms with E-state index in [2.05, 4.69) is 25.2 Å². The summed E-state index contributed by atoms with van der Waals surface area (Å²) in [5.74, 6) is -0.277. The third-order valence-corrected chi connectivity index (χ3v) is 4.35. The van der Waals surface area contributed by atoms with Crippen LogP contribution in [0.15, 0.2) is 53.3 Å². The number of aryl methyl sites for hydroxylation is 1. The van der Waals surface area contributed by atoms with E-state index < -0.39 is 19.4 Å². The molecule has 0 unspecified atom stereocenters. The number of hydrogen-bond donors (Lipinski definition) is 1. The van der Waals surface area contributed by atoms with Crippen molar-refractivity contribution in [2.75, 3.05) is 11.9 Å². The van der Waals surface area contributed by atoms with Crippen LogP contribution in [0.2, 0.25) is 0 Å². The first-order chi connectivity index (χ1) is 14.8. The van der Waals surface area contributed by atoms with E-state index in [0.717, 1.165) is 5.56 Å². The third-order valence-electron chi connectivity index (χ3n) is 4.35. The van der Waals surface area contributed by atoms with E-state index in [-0.39, 0.29) is 17.6 Å². The van der Waals surface area contributed by atoms with Crippen LogP contribution in [0.4, 0.5) is 18.9 Å². The molecule has 0 spiro atoms. The molecule has 11 heteroatoms. The average Bonchev–Trinajstić information content (AvgIpc) is 3.36. The number of imidazole rings is 1. The lowest BCUT2D eigenvalue weighted by atomic mass is 10.1. The number of fused-ring (bicyclic) bond motifs is 1. The van der Waals surface area contributed by atoms with Crippen molar-refractivity contribution in [2.45, 2.75) is 19.7 Å². The summed E-state index contributed by atoms with van der Waals surface area (Å²) in [6, 6.07) is 10.5. The second-order valence-electron chi connectivity index (χ2n) is 6.68. The molecule has 160 valence electrons. The van der Waals surface area contributed by atoms with E-state index >= 15 is 0 Å². The minimum absolute atomic E-state index is 0.0869. The van der Waals surface area contributed by atoms with Gasteiger partial charge in [0, 0.05) is 17.4 Å². The Morgan fingerprint density at radius 2 is 2.10 bits per heavy atom. The highest BCUT2D eigenvalue weighted by Crippen LogP contribution is 2.24. The van der Waals surface area contributed by atoms with Crippen LogP contribution in [0, 0.1) is 6.92 Å². The molecule has 0 fully saturated rings. The van der Waals surface area contributed by atoms with E-state index in [1.165, 1.54) is 6.20 Å². The number of pyridine rings is 1. The summed E-state index contributed by atoms with van der Waals surface area (Å²) in [5.41, 5.74) is 2.84. The van der Waals surface area contributed by atoms with Crippen LogP contribution in [0.1, 0.15) is 21.9 Å². The maximum atomic E-state index is 12.8. The molecule has 1 N–H and O–H groups in total. The normalized spacial score (nSPS) is 11.7. The fraction of sp³-hybridized carbons (Fsp3) is 0.200. The van der Waals surface area contributed by atoms with Crippen LogP contribution in [0.5, 0.6) is 0 Å². The van der Waals surface area contributed by atoms with Crippen molar-refractivity contribution in [2.24, 2.45) is 0 Å². The third kappa shape index (κ3) is 4.72. The van der Waals surface area contributed by atoms with Crippen LogP contribution in [-0.2, 0) is 11.3 Å². The summed E-state index contributed by atoms with van der Waals surface area (Å²) in [6.07, 6.45) is -1.22. The molecule has 8 nitrogen and oxygen atoms in total. The predicted octanol–water partition coefficient (Wildman–Crippen LogP) is 4.02. The van der Waals surface area contributed by atoms with Crippen molar-refractivity contribution in [3.05, 3.63) is 65.9 Å². The quantitative estimate of drug-likeness (QED) is 0.496. The highest BCUT2D eigenvalue weighted by atomic mass is 19.4. The first-order valence-electron chi connectivity index (χ1n) is 9.12. The summed E-state index contributed by atoms with van der Waals surface area (Å²) in [6.45, 7) is -0.0501. The highest BCUT2D eigenvalue weighted by molar-refractivity contribution is 6.04. The fourth-order valence-electron chi connectivity index (χ4n) is 2.87. The van der Waals surface area contributed by atoms with Gasteiger partial charge in [-0.05, 0) is 30.7 Å². The Labute approximate surface area is 173 Å². The summed E-state index contributed by atoms with van der Waals surface area (Å²) in [4.78, 5) is 21.0. The first-order valence-corrected chi connectivity index (χ1v) is 9.12. The van der Waals surface area contributed by atoms with Gasteiger partial charge in [-0.15, -0.1) is 0 Å². The number of alkyl halides is 3. The molecular formula is C20H16F3N5O3.